The molecule has 124 valence electrons. The third kappa shape index (κ3) is 3.13. The van der Waals surface area contributed by atoms with Gasteiger partial charge in [-0.05, 0) is 38.1 Å². The van der Waals surface area contributed by atoms with Crippen LogP contribution in [-0.2, 0) is 9.59 Å². The average molecular weight is 308 g/mol. The van der Waals surface area contributed by atoms with Crippen LogP contribution in [0, 0.1) is 17.8 Å². The molecule has 6 nitrogen and oxygen atoms in total. The van der Waals surface area contributed by atoms with Crippen LogP contribution in [0.5, 0.6) is 0 Å². The molecule has 1 heterocycles. The number of nitrogens with zero attached hydrogens (tertiary/aromatic N) is 2. The normalized spacial score (nSPS) is 34.9. The van der Waals surface area contributed by atoms with Gasteiger partial charge in [-0.2, -0.15) is 0 Å². The molecule has 2 bridgehead atoms. The van der Waals surface area contributed by atoms with Gasteiger partial charge in [-0.3, -0.25) is 9.59 Å². The maximum Gasteiger partial charge on any atom is 0.224 e. The van der Waals surface area contributed by atoms with Gasteiger partial charge in [0, 0.05) is 45.2 Å². The number of nitrogens with two attached hydrogens (primary N) is 1. The molecule has 6 heteroatoms. The first-order valence-corrected chi connectivity index (χ1v) is 8.56. The van der Waals surface area contributed by atoms with Crippen molar-refractivity contribution in [3.63, 3.8) is 0 Å². The molecule has 3 fully saturated rings. The van der Waals surface area contributed by atoms with E-state index in [4.69, 9.17) is 5.73 Å². The van der Waals surface area contributed by atoms with Gasteiger partial charge in [0.2, 0.25) is 11.8 Å². The zero-order valence-electron chi connectivity index (χ0n) is 13.5. The number of likely N-dealkylation sites (N-methyl/N-ethyl adjacent to an activating group) is 1. The lowest BCUT2D eigenvalue weighted by Gasteiger charge is -2.32. The molecule has 1 saturated heterocycles. The standard InChI is InChI=1S/C16H28N4O2/c1-19-6-8-20(9-7-19)13(21)4-5-18-16(22)14-11-2-3-12(10-11)15(14)17/h11-12,14-15H,2-10,17H2,1H3,(H,18,22). The molecule has 2 saturated carbocycles. The fourth-order valence-electron chi connectivity index (χ4n) is 4.35. The minimum atomic E-state index is -0.0301. The second-order valence-electron chi connectivity index (χ2n) is 7.16. The highest BCUT2D eigenvalue weighted by molar-refractivity contribution is 5.81. The van der Waals surface area contributed by atoms with Gasteiger partial charge in [0.25, 0.3) is 0 Å². The first-order chi connectivity index (χ1) is 10.6. The molecular weight excluding hydrogens is 280 g/mol. The topological polar surface area (TPSA) is 78.7 Å². The van der Waals surface area contributed by atoms with E-state index in [1.807, 2.05) is 4.90 Å². The zero-order valence-corrected chi connectivity index (χ0v) is 13.5. The highest BCUT2D eigenvalue weighted by Gasteiger charge is 2.48. The fraction of sp³-hybridized carbons (Fsp3) is 0.875. The molecule has 4 unspecified atom stereocenters. The summed E-state index contributed by atoms with van der Waals surface area (Å²) in [5.41, 5.74) is 6.19. The number of fused-ring (bicyclic) bond motifs is 2. The lowest BCUT2D eigenvalue weighted by molar-refractivity contribution is -0.133. The number of amides is 2. The Labute approximate surface area is 132 Å². The Hall–Kier alpha value is -1.14. The van der Waals surface area contributed by atoms with Crippen molar-refractivity contribution in [1.82, 2.24) is 15.1 Å². The van der Waals surface area contributed by atoms with Gasteiger partial charge in [-0.25, -0.2) is 0 Å². The van der Waals surface area contributed by atoms with E-state index in [9.17, 15) is 9.59 Å². The number of hydrogen-bond acceptors (Lipinski definition) is 4. The first kappa shape index (κ1) is 15.7. The van der Waals surface area contributed by atoms with Crippen LogP contribution in [0.1, 0.15) is 25.7 Å². The van der Waals surface area contributed by atoms with Gasteiger partial charge in [-0.1, -0.05) is 0 Å². The number of carbonyl (C=O) groups excluding carboxylic acids is 2. The summed E-state index contributed by atoms with van der Waals surface area (Å²) in [6.07, 6.45) is 3.82. The minimum Gasteiger partial charge on any atom is -0.355 e. The summed E-state index contributed by atoms with van der Waals surface area (Å²) in [5.74, 6) is 1.18. The van der Waals surface area contributed by atoms with E-state index in [-0.39, 0.29) is 23.8 Å². The SMILES string of the molecule is CN1CCN(C(=O)CCNC(=O)C2C3CCC(C3)C2N)CC1. The molecule has 3 N–H and O–H groups in total. The second kappa shape index (κ2) is 6.54. The molecule has 2 amide bonds. The predicted octanol–water partition coefficient (Wildman–Crippen LogP) is -0.360. The van der Waals surface area contributed by atoms with Crippen LogP contribution >= 0.6 is 0 Å². The van der Waals surface area contributed by atoms with Crippen molar-refractivity contribution in [3.05, 3.63) is 0 Å². The first-order valence-electron chi connectivity index (χ1n) is 8.56. The van der Waals surface area contributed by atoms with Gasteiger partial charge in [0.05, 0.1) is 5.92 Å². The largest absolute Gasteiger partial charge is 0.355 e. The molecule has 0 spiro atoms. The molecule has 3 aliphatic rings. The van der Waals surface area contributed by atoms with E-state index in [1.165, 1.54) is 6.42 Å². The summed E-state index contributed by atoms with van der Waals surface area (Å²) in [7, 11) is 2.07. The van der Waals surface area contributed by atoms with Gasteiger partial charge in [0.15, 0.2) is 0 Å². The van der Waals surface area contributed by atoms with E-state index < -0.39 is 0 Å². The summed E-state index contributed by atoms with van der Waals surface area (Å²) >= 11 is 0. The Morgan fingerprint density at radius 1 is 1.14 bits per heavy atom. The maximum atomic E-state index is 12.3. The lowest BCUT2D eigenvalue weighted by atomic mass is 9.84. The zero-order chi connectivity index (χ0) is 15.7. The third-order valence-electron chi connectivity index (χ3n) is 5.78. The summed E-state index contributed by atoms with van der Waals surface area (Å²) in [5, 5.41) is 2.94. The van der Waals surface area contributed by atoms with Crippen molar-refractivity contribution < 1.29 is 9.59 Å². The number of nitrogens with one attached hydrogen (secondary N) is 1. The highest BCUT2D eigenvalue weighted by Crippen LogP contribution is 2.47. The molecule has 0 aromatic heterocycles. The molecule has 0 aromatic carbocycles. The van der Waals surface area contributed by atoms with E-state index in [1.54, 1.807) is 0 Å². The van der Waals surface area contributed by atoms with E-state index in [0.29, 0.717) is 24.8 Å². The summed E-state index contributed by atoms with van der Waals surface area (Å²) in [6.45, 7) is 3.88. The van der Waals surface area contributed by atoms with Crippen molar-refractivity contribution in [2.45, 2.75) is 31.7 Å². The number of piperazine rings is 1. The predicted molar refractivity (Wildman–Crippen MR) is 84.0 cm³/mol. The van der Waals surface area contributed by atoms with Gasteiger partial charge in [-0.15, -0.1) is 0 Å². The molecule has 0 aromatic rings. The van der Waals surface area contributed by atoms with E-state index >= 15 is 0 Å². The van der Waals surface area contributed by atoms with Gasteiger partial charge >= 0.3 is 0 Å². The Morgan fingerprint density at radius 3 is 2.45 bits per heavy atom. The van der Waals surface area contributed by atoms with Crippen LogP contribution in [0.15, 0.2) is 0 Å². The Kier molecular flexibility index (Phi) is 4.68. The van der Waals surface area contributed by atoms with Crippen LogP contribution in [0.4, 0.5) is 0 Å². The fourth-order valence-corrected chi connectivity index (χ4v) is 4.35. The summed E-state index contributed by atoms with van der Waals surface area (Å²) < 4.78 is 0. The van der Waals surface area contributed by atoms with Gasteiger partial charge < -0.3 is 20.9 Å². The number of carbonyl (C=O) groups is 2. The van der Waals surface area contributed by atoms with Crippen molar-refractivity contribution in [2.75, 3.05) is 39.8 Å². The average Bonchev–Trinajstić information content (AvgIpc) is 3.08. The Morgan fingerprint density at radius 2 is 1.82 bits per heavy atom. The molecular formula is C16H28N4O2. The molecule has 1 aliphatic heterocycles. The van der Waals surface area contributed by atoms with Crippen molar-refractivity contribution in [1.29, 1.82) is 0 Å². The van der Waals surface area contributed by atoms with Crippen LogP contribution in [0.3, 0.4) is 0 Å². The summed E-state index contributed by atoms with van der Waals surface area (Å²) in [4.78, 5) is 28.6. The molecule has 4 atom stereocenters. The molecule has 0 radical (unpaired) electrons. The highest BCUT2D eigenvalue weighted by atomic mass is 16.2. The quantitative estimate of drug-likeness (QED) is 0.743. The minimum absolute atomic E-state index is 0.0204. The van der Waals surface area contributed by atoms with Crippen LogP contribution < -0.4 is 11.1 Å². The number of rotatable bonds is 4. The molecule has 22 heavy (non-hydrogen) atoms. The van der Waals surface area contributed by atoms with Gasteiger partial charge in [0.1, 0.15) is 0 Å². The van der Waals surface area contributed by atoms with Crippen molar-refractivity contribution >= 4 is 11.8 Å². The van der Waals surface area contributed by atoms with Crippen LogP contribution in [0.2, 0.25) is 0 Å². The smallest absolute Gasteiger partial charge is 0.224 e. The lowest BCUT2D eigenvalue weighted by Crippen LogP contribution is -2.48. The van der Waals surface area contributed by atoms with Crippen molar-refractivity contribution in [2.24, 2.45) is 23.5 Å². The number of hydrogen-bond donors (Lipinski definition) is 2. The van der Waals surface area contributed by atoms with E-state index in [2.05, 4.69) is 17.3 Å². The monoisotopic (exact) mass is 308 g/mol. The van der Waals surface area contributed by atoms with Crippen LogP contribution in [-0.4, -0.2) is 67.4 Å². The maximum absolute atomic E-state index is 12.3. The Balaban J connectivity index is 1.39. The van der Waals surface area contributed by atoms with E-state index in [0.717, 1.165) is 39.0 Å². The van der Waals surface area contributed by atoms with Crippen LogP contribution in [0.25, 0.3) is 0 Å². The third-order valence-corrected chi connectivity index (χ3v) is 5.78. The molecule has 3 rings (SSSR count). The second-order valence-corrected chi connectivity index (χ2v) is 7.16. The van der Waals surface area contributed by atoms with Crippen molar-refractivity contribution in [3.8, 4) is 0 Å². The Bertz CT molecular complexity index is 432. The summed E-state index contributed by atoms with van der Waals surface area (Å²) in [6, 6.07) is 0.0204. The molecule has 2 aliphatic carbocycles.